The van der Waals surface area contributed by atoms with Crippen LogP contribution < -0.4 is 4.74 Å². The van der Waals surface area contributed by atoms with Crippen LogP contribution in [0.1, 0.15) is 36.1 Å². The molecule has 11 heteroatoms. The van der Waals surface area contributed by atoms with Gasteiger partial charge in [-0.2, -0.15) is 13.2 Å². The number of carbonyl (C=O) groups is 2. The number of imide groups is 1. The second-order valence-corrected chi connectivity index (χ2v) is 11.0. The minimum absolute atomic E-state index is 0.168. The van der Waals surface area contributed by atoms with E-state index in [1.54, 1.807) is 6.20 Å². The maximum absolute atomic E-state index is 12.8. The van der Waals surface area contributed by atoms with E-state index in [-0.39, 0.29) is 37.3 Å². The standard InChI is InChI=1S/C26H25ClF3N3O3S/c1-15-10-16(27)11-20(24(15)36-17-5-8-32(9-6-17)14-26(28,29)30)19-4-7-31-21-12-18(37-25(19)21)13-33-22(34)2-3-23(33)35/h4,7,10-12,17H,2-3,5-6,8-9,13-14H2,1H3. The lowest BCUT2D eigenvalue weighted by Crippen LogP contribution is -2.42. The molecule has 2 fully saturated rings. The van der Waals surface area contributed by atoms with Crippen LogP contribution in [-0.4, -0.2) is 58.5 Å². The summed E-state index contributed by atoms with van der Waals surface area (Å²) in [5.41, 5.74) is 3.20. The smallest absolute Gasteiger partial charge is 0.401 e. The number of aryl methyl sites for hydroxylation is 1. The van der Waals surface area contributed by atoms with Gasteiger partial charge in [-0.3, -0.25) is 24.4 Å². The molecule has 2 saturated heterocycles. The summed E-state index contributed by atoms with van der Waals surface area (Å²) >= 11 is 7.90. The molecule has 3 aromatic rings. The third-order valence-corrected chi connectivity index (χ3v) is 8.04. The van der Waals surface area contributed by atoms with E-state index in [0.717, 1.165) is 31.8 Å². The number of amides is 2. The fraction of sp³-hybridized carbons (Fsp3) is 0.423. The van der Waals surface area contributed by atoms with E-state index >= 15 is 0 Å². The second kappa shape index (κ2) is 10.2. The molecule has 2 aliphatic heterocycles. The average molecular weight is 552 g/mol. The third-order valence-electron chi connectivity index (χ3n) is 6.68. The van der Waals surface area contributed by atoms with Gasteiger partial charge in [0.1, 0.15) is 11.9 Å². The van der Waals surface area contributed by atoms with E-state index in [2.05, 4.69) is 4.98 Å². The Balaban J connectivity index is 1.43. The number of benzene rings is 1. The molecular weight excluding hydrogens is 527 g/mol. The van der Waals surface area contributed by atoms with Gasteiger partial charge in [-0.15, -0.1) is 11.3 Å². The highest BCUT2D eigenvalue weighted by atomic mass is 35.5. The van der Waals surface area contributed by atoms with Crippen LogP contribution in [0.25, 0.3) is 21.3 Å². The van der Waals surface area contributed by atoms with E-state index < -0.39 is 12.7 Å². The van der Waals surface area contributed by atoms with Gasteiger partial charge >= 0.3 is 6.18 Å². The third kappa shape index (κ3) is 5.76. The van der Waals surface area contributed by atoms with Gasteiger partial charge < -0.3 is 4.74 Å². The summed E-state index contributed by atoms with van der Waals surface area (Å²) in [4.78, 5) is 32.2. The number of hydrogen-bond donors (Lipinski definition) is 0. The van der Waals surface area contributed by atoms with E-state index in [4.69, 9.17) is 16.3 Å². The number of piperidine rings is 1. The van der Waals surface area contributed by atoms with Crippen LogP contribution >= 0.6 is 22.9 Å². The maximum Gasteiger partial charge on any atom is 0.401 e. The monoisotopic (exact) mass is 551 g/mol. The van der Waals surface area contributed by atoms with Crippen molar-refractivity contribution in [1.82, 2.24) is 14.8 Å². The van der Waals surface area contributed by atoms with Crippen LogP contribution in [0, 0.1) is 6.92 Å². The van der Waals surface area contributed by atoms with Crippen molar-refractivity contribution >= 4 is 45.0 Å². The fourth-order valence-corrected chi connectivity index (χ4v) is 6.33. The summed E-state index contributed by atoms with van der Waals surface area (Å²) < 4.78 is 45.6. The molecule has 6 nitrogen and oxygen atoms in total. The zero-order chi connectivity index (χ0) is 26.3. The van der Waals surface area contributed by atoms with Gasteiger partial charge in [-0.1, -0.05) is 11.6 Å². The number of likely N-dealkylation sites (tertiary alicyclic amines) is 2. The first-order chi connectivity index (χ1) is 17.6. The molecule has 2 aromatic heterocycles. The number of hydrogen-bond acceptors (Lipinski definition) is 6. The van der Waals surface area contributed by atoms with Crippen molar-refractivity contribution < 1.29 is 27.5 Å². The molecule has 0 atom stereocenters. The number of rotatable bonds is 6. The quantitative estimate of drug-likeness (QED) is 0.353. The SMILES string of the molecule is Cc1cc(Cl)cc(-c2ccnc3cc(CN4C(=O)CCC4=O)sc23)c1OC1CCN(CC(F)(F)F)CC1. The highest BCUT2D eigenvalue weighted by Gasteiger charge is 2.33. The van der Waals surface area contributed by atoms with Gasteiger partial charge in [0.05, 0.1) is 23.3 Å². The van der Waals surface area contributed by atoms with Crippen LogP contribution in [0.3, 0.4) is 0 Å². The van der Waals surface area contributed by atoms with Crippen molar-refractivity contribution in [2.45, 2.75) is 51.4 Å². The van der Waals surface area contributed by atoms with Gasteiger partial charge in [-0.25, -0.2) is 0 Å². The highest BCUT2D eigenvalue weighted by Crippen LogP contribution is 2.42. The molecule has 0 bridgehead atoms. The predicted molar refractivity (Wildman–Crippen MR) is 136 cm³/mol. The van der Waals surface area contributed by atoms with Crippen molar-refractivity contribution in [2.75, 3.05) is 19.6 Å². The van der Waals surface area contributed by atoms with E-state index in [9.17, 15) is 22.8 Å². The van der Waals surface area contributed by atoms with Crippen molar-refractivity contribution in [3.05, 3.63) is 45.9 Å². The number of halogens is 4. The van der Waals surface area contributed by atoms with Crippen molar-refractivity contribution in [2.24, 2.45) is 0 Å². The lowest BCUT2D eigenvalue weighted by Gasteiger charge is -2.33. The van der Waals surface area contributed by atoms with E-state index in [1.807, 2.05) is 31.2 Å². The number of thiophene rings is 1. The minimum atomic E-state index is -4.21. The first kappa shape index (κ1) is 25.9. The number of pyridine rings is 1. The zero-order valence-electron chi connectivity index (χ0n) is 20.1. The van der Waals surface area contributed by atoms with E-state index in [1.165, 1.54) is 21.1 Å². The molecule has 2 aliphatic rings. The average Bonchev–Trinajstić information content (AvgIpc) is 3.38. The molecule has 0 N–H and O–H groups in total. The molecule has 37 heavy (non-hydrogen) atoms. The van der Waals surface area contributed by atoms with Crippen molar-refractivity contribution in [3.63, 3.8) is 0 Å². The molecule has 0 spiro atoms. The van der Waals surface area contributed by atoms with Crippen LogP contribution in [0.2, 0.25) is 5.02 Å². The van der Waals surface area contributed by atoms with Crippen LogP contribution in [0.15, 0.2) is 30.5 Å². The van der Waals surface area contributed by atoms with Gasteiger partial charge in [-0.05, 0) is 49.6 Å². The molecule has 1 aromatic carbocycles. The number of carbonyl (C=O) groups excluding carboxylic acids is 2. The molecule has 196 valence electrons. The molecule has 0 unspecified atom stereocenters. The lowest BCUT2D eigenvalue weighted by molar-refractivity contribution is -0.149. The number of nitrogens with zero attached hydrogens (tertiary/aromatic N) is 3. The molecule has 2 amide bonds. The molecule has 0 aliphatic carbocycles. The Hall–Kier alpha value is -2.69. The van der Waals surface area contributed by atoms with Gasteiger partial charge in [0.25, 0.3) is 0 Å². The Labute approximate surface area is 221 Å². The highest BCUT2D eigenvalue weighted by molar-refractivity contribution is 7.19. The minimum Gasteiger partial charge on any atom is -0.489 e. The zero-order valence-corrected chi connectivity index (χ0v) is 21.7. The molecule has 5 rings (SSSR count). The Kier molecular flexibility index (Phi) is 7.17. The molecular formula is C26H25ClF3N3O3S. The van der Waals surface area contributed by atoms with Gasteiger partial charge in [0, 0.05) is 53.2 Å². The molecule has 0 saturated carbocycles. The lowest BCUT2D eigenvalue weighted by atomic mass is 10.0. The Bertz CT molecular complexity index is 1340. The summed E-state index contributed by atoms with van der Waals surface area (Å²) in [6.45, 7) is 1.83. The Morgan fingerprint density at radius 2 is 1.81 bits per heavy atom. The largest absolute Gasteiger partial charge is 0.489 e. The van der Waals surface area contributed by atoms with Crippen molar-refractivity contribution in [3.8, 4) is 16.9 Å². The van der Waals surface area contributed by atoms with Gasteiger partial charge in [0.2, 0.25) is 11.8 Å². The summed E-state index contributed by atoms with van der Waals surface area (Å²) in [5, 5.41) is 0.537. The summed E-state index contributed by atoms with van der Waals surface area (Å²) in [6, 6.07) is 7.39. The topological polar surface area (TPSA) is 62.7 Å². The van der Waals surface area contributed by atoms with Crippen molar-refractivity contribution in [1.29, 1.82) is 0 Å². The maximum atomic E-state index is 12.8. The second-order valence-electron chi connectivity index (χ2n) is 9.47. The summed E-state index contributed by atoms with van der Waals surface area (Å²) in [7, 11) is 0. The van der Waals surface area contributed by atoms with Crippen LogP contribution in [0.5, 0.6) is 5.75 Å². The normalized spacial score (nSPS) is 17.8. The fourth-order valence-electron chi connectivity index (χ4n) is 4.92. The van der Waals surface area contributed by atoms with E-state index in [0.29, 0.717) is 36.7 Å². The number of aromatic nitrogens is 1. The first-order valence-corrected chi connectivity index (χ1v) is 13.2. The number of alkyl halides is 3. The van der Waals surface area contributed by atoms with Crippen LogP contribution in [-0.2, 0) is 16.1 Å². The number of ether oxygens (including phenoxy) is 1. The Morgan fingerprint density at radius 3 is 2.49 bits per heavy atom. The predicted octanol–water partition coefficient (Wildman–Crippen LogP) is 5.98. The van der Waals surface area contributed by atoms with Crippen LogP contribution in [0.4, 0.5) is 13.2 Å². The Morgan fingerprint density at radius 1 is 1.11 bits per heavy atom. The van der Waals surface area contributed by atoms with Gasteiger partial charge in [0.15, 0.2) is 0 Å². The molecule has 0 radical (unpaired) electrons. The summed E-state index contributed by atoms with van der Waals surface area (Å²) in [5.74, 6) is 0.308. The number of fused-ring (bicyclic) bond motifs is 1. The molecule has 4 heterocycles. The first-order valence-electron chi connectivity index (χ1n) is 12.0. The summed E-state index contributed by atoms with van der Waals surface area (Å²) in [6.07, 6.45) is -1.28.